The van der Waals surface area contributed by atoms with Crippen molar-refractivity contribution < 1.29 is 24.0 Å². The molecular formula is C20H26N3O4+. The van der Waals surface area contributed by atoms with E-state index >= 15 is 0 Å². The van der Waals surface area contributed by atoms with Crippen LogP contribution in [0.3, 0.4) is 0 Å². The van der Waals surface area contributed by atoms with Crippen molar-refractivity contribution in [3.63, 3.8) is 0 Å². The zero-order valence-electron chi connectivity index (χ0n) is 16.0. The normalized spacial score (nSPS) is 12.6. The highest BCUT2D eigenvalue weighted by Crippen LogP contribution is 2.16. The summed E-state index contributed by atoms with van der Waals surface area (Å²) in [6.07, 6.45) is 0. The number of anilines is 2. The van der Waals surface area contributed by atoms with Gasteiger partial charge in [0.05, 0.1) is 21.3 Å². The van der Waals surface area contributed by atoms with Crippen molar-refractivity contribution in [2.45, 2.75) is 13.0 Å². The molecule has 0 heterocycles. The van der Waals surface area contributed by atoms with E-state index in [1.807, 2.05) is 7.05 Å². The summed E-state index contributed by atoms with van der Waals surface area (Å²) >= 11 is 0. The molecule has 7 nitrogen and oxygen atoms in total. The Bertz CT molecular complexity index is 777. The molecule has 0 bridgehead atoms. The molecule has 1 unspecified atom stereocenters. The molecule has 0 radical (unpaired) electrons. The maximum absolute atomic E-state index is 12.4. The standard InChI is InChI=1S/C20H25N3O4/c1-14(20(25)22-16-6-5-7-18(12-16)27-4)23(2)13-19(24)21-15-8-10-17(26-3)11-9-15/h5-12,14H,13H2,1-4H3,(H,21,24)(H,22,25)/p+1/t14-/m1/s1. The van der Waals surface area contributed by atoms with Gasteiger partial charge in [0.25, 0.3) is 11.8 Å². The lowest BCUT2D eigenvalue weighted by Crippen LogP contribution is -3.14. The van der Waals surface area contributed by atoms with Gasteiger partial charge in [0, 0.05) is 17.4 Å². The van der Waals surface area contributed by atoms with Crippen LogP contribution in [0.4, 0.5) is 11.4 Å². The number of ether oxygens (including phenoxy) is 2. The first-order valence-electron chi connectivity index (χ1n) is 8.64. The minimum Gasteiger partial charge on any atom is -0.497 e. The number of methoxy groups -OCH3 is 2. The highest BCUT2D eigenvalue weighted by molar-refractivity contribution is 5.94. The van der Waals surface area contributed by atoms with E-state index in [0.717, 1.165) is 10.6 Å². The number of carbonyl (C=O) groups is 2. The number of likely N-dealkylation sites (N-methyl/N-ethyl adjacent to an activating group) is 1. The Morgan fingerprint density at radius 1 is 0.963 bits per heavy atom. The Labute approximate surface area is 159 Å². The average Bonchev–Trinajstić information content (AvgIpc) is 2.67. The summed E-state index contributed by atoms with van der Waals surface area (Å²) < 4.78 is 10.2. The first-order chi connectivity index (χ1) is 12.9. The molecule has 27 heavy (non-hydrogen) atoms. The number of benzene rings is 2. The van der Waals surface area contributed by atoms with Crippen molar-refractivity contribution in [3.8, 4) is 11.5 Å². The lowest BCUT2D eigenvalue weighted by molar-refractivity contribution is -0.885. The van der Waals surface area contributed by atoms with Crippen LogP contribution >= 0.6 is 0 Å². The molecule has 0 aromatic heterocycles. The number of quaternary nitrogens is 1. The van der Waals surface area contributed by atoms with Crippen molar-refractivity contribution in [3.05, 3.63) is 48.5 Å². The van der Waals surface area contributed by atoms with Crippen LogP contribution in [0.25, 0.3) is 0 Å². The largest absolute Gasteiger partial charge is 0.497 e. The molecule has 0 aliphatic carbocycles. The van der Waals surface area contributed by atoms with E-state index in [2.05, 4.69) is 10.6 Å². The summed E-state index contributed by atoms with van der Waals surface area (Å²) in [7, 11) is 4.97. The second kappa shape index (κ2) is 9.59. The van der Waals surface area contributed by atoms with Gasteiger partial charge in [-0.3, -0.25) is 9.59 Å². The lowest BCUT2D eigenvalue weighted by atomic mass is 10.2. The van der Waals surface area contributed by atoms with Crippen molar-refractivity contribution in [2.24, 2.45) is 0 Å². The van der Waals surface area contributed by atoms with Crippen LogP contribution in [0.2, 0.25) is 0 Å². The molecule has 144 valence electrons. The summed E-state index contributed by atoms with van der Waals surface area (Å²) in [5.41, 5.74) is 1.34. The van der Waals surface area contributed by atoms with Gasteiger partial charge >= 0.3 is 0 Å². The number of hydrogen-bond donors (Lipinski definition) is 3. The third kappa shape index (κ3) is 6.00. The molecule has 7 heteroatoms. The molecule has 3 N–H and O–H groups in total. The van der Waals surface area contributed by atoms with Crippen molar-refractivity contribution in [2.75, 3.05) is 38.4 Å². The minimum absolute atomic E-state index is 0.165. The quantitative estimate of drug-likeness (QED) is 0.650. The second-order valence-corrected chi connectivity index (χ2v) is 6.24. The SMILES string of the molecule is COc1ccc(NC(=O)C[NH+](C)[C@H](C)C(=O)Nc2cccc(OC)c2)cc1. The van der Waals surface area contributed by atoms with Crippen LogP contribution in [-0.4, -0.2) is 45.7 Å². The van der Waals surface area contributed by atoms with Gasteiger partial charge in [-0.1, -0.05) is 6.07 Å². The molecule has 0 aliphatic heterocycles. The van der Waals surface area contributed by atoms with Crippen LogP contribution < -0.4 is 25.0 Å². The lowest BCUT2D eigenvalue weighted by Gasteiger charge is -2.20. The van der Waals surface area contributed by atoms with E-state index in [4.69, 9.17) is 9.47 Å². The van der Waals surface area contributed by atoms with Crippen molar-refractivity contribution >= 4 is 23.2 Å². The summed E-state index contributed by atoms with van der Waals surface area (Å²) in [6.45, 7) is 1.95. The molecule has 2 rings (SSSR count). The fourth-order valence-corrected chi connectivity index (χ4v) is 2.46. The first-order valence-corrected chi connectivity index (χ1v) is 8.64. The van der Waals surface area contributed by atoms with Gasteiger partial charge in [-0.15, -0.1) is 0 Å². The van der Waals surface area contributed by atoms with Gasteiger partial charge in [0.2, 0.25) is 0 Å². The number of hydrogen-bond acceptors (Lipinski definition) is 4. The highest BCUT2D eigenvalue weighted by Gasteiger charge is 2.24. The third-order valence-electron chi connectivity index (χ3n) is 4.28. The molecule has 0 saturated carbocycles. The Kier molecular flexibility index (Phi) is 7.19. The molecule has 0 aliphatic rings. The molecule has 2 aromatic carbocycles. The molecule has 2 atom stereocenters. The maximum Gasteiger partial charge on any atom is 0.282 e. The Balaban J connectivity index is 1.88. The van der Waals surface area contributed by atoms with Gasteiger partial charge in [0.15, 0.2) is 12.6 Å². The van der Waals surface area contributed by atoms with Crippen molar-refractivity contribution in [1.82, 2.24) is 0 Å². The number of nitrogens with one attached hydrogen (secondary N) is 3. The van der Waals surface area contributed by atoms with Gasteiger partial charge in [-0.05, 0) is 43.3 Å². The Morgan fingerprint density at radius 2 is 1.63 bits per heavy atom. The first kappa shape index (κ1) is 20.3. The van der Waals surface area contributed by atoms with Crippen molar-refractivity contribution in [1.29, 1.82) is 0 Å². The summed E-state index contributed by atoms with van der Waals surface area (Å²) in [5.74, 6) is 1.05. The Morgan fingerprint density at radius 3 is 2.26 bits per heavy atom. The summed E-state index contributed by atoms with van der Waals surface area (Å²) in [6, 6.07) is 13.8. The zero-order chi connectivity index (χ0) is 19.8. The number of rotatable bonds is 8. The number of amides is 2. The molecule has 0 fully saturated rings. The van der Waals surface area contributed by atoms with Gasteiger partial charge in [0.1, 0.15) is 11.5 Å². The average molecular weight is 372 g/mol. The van der Waals surface area contributed by atoms with E-state index in [-0.39, 0.29) is 18.4 Å². The van der Waals surface area contributed by atoms with Gasteiger partial charge in [-0.25, -0.2) is 0 Å². The van der Waals surface area contributed by atoms with Crippen LogP contribution in [0, 0.1) is 0 Å². The molecule has 2 aromatic rings. The monoisotopic (exact) mass is 372 g/mol. The molecule has 0 spiro atoms. The molecular weight excluding hydrogens is 346 g/mol. The summed E-state index contributed by atoms with van der Waals surface area (Å²) in [4.78, 5) is 25.5. The predicted molar refractivity (Wildman–Crippen MR) is 104 cm³/mol. The minimum atomic E-state index is -0.405. The second-order valence-electron chi connectivity index (χ2n) is 6.24. The zero-order valence-corrected chi connectivity index (χ0v) is 16.0. The molecule has 0 saturated heterocycles. The predicted octanol–water partition coefficient (Wildman–Crippen LogP) is 1.18. The van der Waals surface area contributed by atoms with E-state index in [0.29, 0.717) is 17.1 Å². The van der Waals surface area contributed by atoms with Gasteiger partial charge in [-0.2, -0.15) is 0 Å². The van der Waals surface area contributed by atoms with E-state index in [1.165, 1.54) is 0 Å². The third-order valence-corrected chi connectivity index (χ3v) is 4.28. The smallest absolute Gasteiger partial charge is 0.282 e. The van der Waals surface area contributed by atoms with Crippen LogP contribution in [0.15, 0.2) is 48.5 Å². The molecule has 2 amide bonds. The van der Waals surface area contributed by atoms with E-state index in [9.17, 15) is 9.59 Å². The fraction of sp³-hybridized carbons (Fsp3) is 0.300. The summed E-state index contributed by atoms with van der Waals surface area (Å²) in [5, 5.41) is 5.67. The van der Waals surface area contributed by atoms with Crippen LogP contribution in [0.1, 0.15) is 6.92 Å². The maximum atomic E-state index is 12.4. The highest BCUT2D eigenvalue weighted by atomic mass is 16.5. The van der Waals surface area contributed by atoms with Gasteiger partial charge < -0.3 is 25.0 Å². The Hall–Kier alpha value is -3.06. The topological polar surface area (TPSA) is 81.1 Å². The van der Waals surface area contributed by atoms with Crippen LogP contribution in [-0.2, 0) is 9.59 Å². The number of carbonyl (C=O) groups excluding carboxylic acids is 2. The van der Waals surface area contributed by atoms with Crippen LogP contribution in [0.5, 0.6) is 11.5 Å². The van der Waals surface area contributed by atoms with E-state index in [1.54, 1.807) is 69.7 Å². The van der Waals surface area contributed by atoms with E-state index < -0.39 is 6.04 Å². The fourth-order valence-electron chi connectivity index (χ4n) is 2.46.